The molecule has 1 fully saturated rings. The lowest BCUT2D eigenvalue weighted by Crippen LogP contribution is -2.56. The van der Waals surface area contributed by atoms with E-state index in [-0.39, 0.29) is 23.5 Å². The van der Waals surface area contributed by atoms with Crippen LogP contribution in [0.2, 0.25) is 0 Å². The topological polar surface area (TPSA) is 94.9 Å². The highest BCUT2D eigenvalue weighted by molar-refractivity contribution is 7.98. The molecule has 9 heteroatoms. The Kier molecular flexibility index (Phi) is 10.1. The zero-order valence-corrected chi connectivity index (χ0v) is 18.1. The highest BCUT2D eigenvalue weighted by atomic mass is 32.2. The number of rotatable bonds is 11. The van der Waals surface area contributed by atoms with E-state index >= 15 is 0 Å². The highest BCUT2D eigenvalue weighted by Gasteiger charge is 2.29. The van der Waals surface area contributed by atoms with Crippen molar-refractivity contribution in [2.45, 2.75) is 32.2 Å². The lowest BCUT2D eigenvalue weighted by Gasteiger charge is -2.36. The van der Waals surface area contributed by atoms with Gasteiger partial charge >= 0.3 is 0 Å². The van der Waals surface area contributed by atoms with Gasteiger partial charge in [0, 0.05) is 32.7 Å². The predicted octanol–water partition coefficient (Wildman–Crippen LogP) is 1.19. The Balaban J connectivity index is 1.83. The van der Waals surface area contributed by atoms with Crippen molar-refractivity contribution in [1.29, 1.82) is 0 Å². The first-order valence-electron chi connectivity index (χ1n) is 10.2. The molecule has 2 N–H and O–H groups in total. The maximum atomic E-state index is 13.0. The van der Waals surface area contributed by atoms with Gasteiger partial charge in [-0.2, -0.15) is 11.8 Å². The van der Waals surface area contributed by atoms with Gasteiger partial charge in [-0.25, -0.2) is 0 Å². The Hall–Kier alpha value is -2.00. The molecule has 1 atom stereocenters. The first-order valence-corrected chi connectivity index (χ1v) is 11.6. The van der Waals surface area contributed by atoms with E-state index in [4.69, 9.17) is 4.42 Å². The van der Waals surface area contributed by atoms with Crippen LogP contribution in [-0.2, 0) is 9.59 Å². The minimum Gasteiger partial charge on any atom is -0.459 e. The summed E-state index contributed by atoms with van der Waals surface area (Å²) in [6.45, 7) is 5.55. The molecular formula is C20H32N4O4S. The third-order valence-corrected chi connectivity index (χ3v) is 5.51. The minimum atomic E-state index is -0.580. The van der Waals surface area contributed by atoms with Crippen LogP contribution in [-0.4, -0.2) is 84.8 Å². The van der Waals surface area contributed by atoms with Crippen LogP contribution in [0.15, 0.2) is 22.8 Å². The second-order valence-corrected chi connectivity index (χ2v) is 8.08. The summed E-state index contributed by atoms with van der Waals surface area (Å²) in [6, 6.07) is 2.64. The fraction of sp³-hybridized carbons (Fsp3) is 0.650. The number of nitrogens with one attached hydrogen (secondary N) is 2. The molecular weight excluding hydrogens is 392 g/mol. The van der Waals surface area contributed by atoms with Gasteiger partial charge in [0.05, 0.1) is 12.8 Å². The zero-order valence-electron chi connectivity index (χ0n) is 17.3. The molecule has 162 valence electrons. The maximum Gasteiger partial charge on any atom is 0.287 e. The summed E-state index contributed by atoms with van der Waals surface area (Å²) >= 11 is 1.64. The summed E-state index contributed by atoms with van der Waals surface area (Å²) in [6.07, 6.45) is 6.00. The Morgan fingerprint density at radius 2 is 2.00 bits per heavy atom. The predicted molar refractivity (Wildman–Crippen MR) is 114 cm³/mol. The lowest BCUT2D eigenvalue weighted by atomic mass is 10.1. The average Bonchev–Trinajstić information content (AvgIpc) is 3.26. The zero-order chi connectivity index (χ0) is 21.1. The van der Waals surface area contributed by atoms with Crippen LogP contribution < -0.4 is 10.6 Å². The van der Waals surface area contributed by atoms with Gasteiger partial charge in [0.2, 0.25) is 11.8 Å². The number of carbonyl (C=O) groups is 3. The van der Waals surface area contributed by atoms with E-state index in [2.05, 4.69) is 22.5 Å². The van der Waals surface area contributed by atoms with Crippen LogP contribution in [0.4, 0.5) is 0 Å². The van der Waals surface area contributed by atoms with E-state index in [1.165, 1.54) is 6.26 Å². The summed E-state index contributed by atoms with van der Waals surface area (Å²) in [5, 5.41) is 5.73. The van der Waals surface area contributed by atoms with E-state index in [1.54, 1.807) is 28.8 Å². The quantitative estimate of drug-likeness (QED) is 0.518. The van der Waals surface area contributed by atoms with E-state index in [1.807, 2.05) is 6.26 Å². The number of thioether (sulfide) groups is 1. The molecule has 2 heterocycles. The number of unbranched alkanes of at least 4 members (excludes halogenated alkanes) is 1. The van der Waals surface area contributed by atoms with Crippen LogP contribution >= 0.6 is 11.8 Å². The highest BCUT2D eigenvalue weighted by Crippen LogP contribution is 2.10. The van der Waals surface area contributed by atoms with Gasteiger partial charge in [-0.05, 0) is 37.0 Å². The fourth-order valence-electron chi connectivity index (χ4n) is 3.14. The minimum absolute atomic E-state index is 0.0294. The van der Waals surface area contributed by atoms with Crippen LogP contribution in [0, 0.1) is 0 Å². The van der Waals surface area contributed by atoms with Gasteiger partial charge in [0.25, 0.3) is 5.91 Å². The number of hydrogen-bond donors (Lipinski definition) is 2. The van der Waals surface area contributed by atoms with E-state index < -0.39 is 6.04 Å². The van der Waals surface area contributed by atoms with E-state index in [0.29, 0.717) is 45.7 Å². The number of furan rings is 1. The molecule has 0 spiro atoms. The summed E-state index contributed by atoms with van der Waals surface area (Å²) in [5.74, 6) is 0.544. The summed E-state index contributed by atoms with van der Waals surface area (Å²) in [5.41, 5.74) is 0. The molecule has 3 amide bonds. The van der Waals surface area contributed by atoms with Crippen LogP contribution in [0.25, 0.3) is 0 Å². The summed E-state index contributed by atoms with van der Waals surface area (Å²) in [4.78, 5) is 41.1. The van der Waals surface area contributed by atoms with Gasteiger partial charge in [-0.1, -0.05) is 13.3 Å². The molecule has 29 heavy (non-hydrogen) atoms. The standard InChI is InChI=1S/C20H32N4O4S/c1-3-4-8-21-18(25)15-23-9-11-24(12-10-23)20(27)16(7-14-29-2)22-19(26)17-6-5-13-28-17/h5-6,13,16H,3-4,7-12,14-15H2,1-2H3,(H,21,25)(H,22,26). The van der Waals surface area contributed by atoms with Crippen molar-refractivity contribution >= 4 is 29.5 Å². The molecule has 0 aliphatic carbocycles. The maximum absolute atomic E-state index is 13.0. The third-order valence-electron chi connectivity index (χ3n) is 4.86. The first-order chi connectivity index (χ1) is 14.0. The largest absolute Gasteiger partial charge is 0.459 e. The van der Waals surface area contributed by atoms with Gasteiger partial charge in [0.1, 0.15) is 6.04 Å². The number of nitrogens with zero attached hydrogens (tertiary/aromatic N) is 2. The van der Waals surface area contributed by atoms with Gasteiger partial charge < -0.3 is 20.0 Å². The molecule has 1 saturated heterocycles. The van der Waals surface area contributed by atoms with Gasteiger partial charge in [-0.15, -0.1) is 0 Å². The molecule has 0 saturated carbocycles. The molecule has 1 aromatic rings. The molecule has 0 bridgehead atoms. The molecule has 1 aromatic heterocycles. The second-order valence-electron chi connectivity index (χ2n) is 7.09. The van der Waals surface area contributed by atoms with Crippen LogP contribution in [0.5, 0.6) is 0 Å². The monoisotopic (exact) mass is 424 g/mol. The van der Waals surface area contributed by atoms with Crippen molar-refractivity contribution in [1.82, 2.24) is 20.4 Å². The summed E-state index contributed by atoms with van der Waals surface area (Å²) in [7, 11) is 0. The van der Waals surface area contributed by atoms with E-state index in [0.717, 1.165) is 18.6 Å². The smallest absolute Gasteiger partial charge is 0.287 e. The lowest BCUT2D eigenvalue weighted by molar-refractivity contribution is -0.135. The molecule has 1 aliphatic rings. The molecule has 1 aliphatic heterocycles. The van der Waals surface area contributed by atoms with Crippen molar-refractivity contribution in [3.8, 4) is 0 Å². The van der Waals surface area contributed by atoms with Crippen LogP contribution in [0.1, 0.15) is 36.7 Å². The number of carbonyl (C=O) groups excluding carboxylic acids is 3. The molecule has 0 radical (unpaired) electrons. The Bertz CT molecular complexity index is 645. The van der Waals surface area contributed by atoms with Crippen molar-refractivity contribution in [2.75, 3.05) is 51.3 Å². The number of piperazine rings is 1. The first kappa shape index (κ1) is 23.3. The molecule has 2 rings (SSSR count). The van der Waals surface area contributed by atoms with Crippen molar-refractivity contribution in [2.24, 2.45) is 0 Å². The molecule has 0 aromatic carbocycles. The number of hydrogen-bond acceptors (Lipinski definition) is 6. The van der Waals surface area contributed by atoms with Crippen molar-refractivity contribution in [3.63, 3.8) is 0 Å². The SMILES string of the molecule is CCCCNC(=O)CN1CCN(C(=O)C(CCSC)NC(=O)c2ccco2)CC1. The van der Waals surface area contributed by atoms with Crippen molar-refractivity contribution < 1.29 is 18.8 Å². The van der Waals surface area contributed by atoms with Gasteiger partial charge in [0.15, 0.2) is 5.76 Å². The second kappa shape index (κ2) is 12.5. The van der Waals surface area contributed by atoms with Gasteiger partial charge in [-0.3, -0.25) is 19.3 Å². The summed E-state index contributed by atoms with van der Waals surface area (Å²) < 4.78 is 5.13. The van der Waals surface area contributed by atoms with Crippen LogP contribution in [0.3, 0.4) is 0 Å². The Morgan fingerprint density at radius 3 is 2.62 bits per heavy atom. The molecule has 8 nitrogen and oxygen atoms in total. The molecule has 1 unspecified atom stereocenters. The Morgan fingerprint density at radius 1 is 1.24 bits per heavy atom. The van der Waals surface area contributed by atoms with Crippen molar-refractivity contribution in [3.05, 3.63) is 24.2 Å². The fourth-order valence-corrected chi connectivity index (χ4v) is 3.61. The Labute approximate surface area is 176 Å². The normalized spacial score (nSPS) is 15.7. The number of amides is 3. The average molecular weight is 425 g/mol. The third kappa shape index (κ3) is 7.74. The van der Waals surface area contributed by atoms with E-state index in [9.17, 15) is 14.4 Å².